The molecule has 16 heavy (non-hydrogen) atoms. The van der Waals surface area contributed by atoms with Gasteiger partial charge in [-0.15, -0.1) is 0 Å². The summed E-state index contributed by atoms with van der Waals surface area (Å²) in [4.78, 5) is 7.97. The highest BCUT2D eigenvalue weighted by Gasteiger charge is 1.95. The Bertz CT molecular complexity index is 428. The topological polar surface area (TPSA) is 58.0 Å². The van der Waals surface area contributed by atoms with Gasteiger partial charge in [0.25, 0.3) is 0 Å². The molecule has 0 aliphatic rings. The van der Waals surface area contributed by atoms with Gasteiger partial charge in [-0.3, -0.25) is 0 Å². The van der Waals surface area contributed by atoms with Gasteiger partial charge in [-0.05, 0) is 23.8 Å². The average molecular weight is 215 g/mol. The summed E-state index contributed by atoms with van der Waals surface area (Å²) in [5.41, 5.74) is 2.10. The van der Waals surface area contributed by atoms with Gasteiger partial charge in [0, 0.05) is 19.3 Å². The van der Waals surface area contributed by atoms with Crippen LogP contribution in [0.4, 0.5) is 0 Å². The van der Waals surface area contributed by atoms with Crippen LogP contribution in [0, 0.1) is 0 Å². The Morgan fingerprint density at radius 2 is 1.88 bits per heavy atom. The first kappa shape index (κ1) is 10.6. The van der Waals surface area contributed by atoms with Crippen LogP contribution in [-0.4, -0.2) is 15.1 Å². The molecule has 0 radical (unpaired) electrons. The second kappa shape index (κ2) is 5.23. The maximum absolute atomic E-state index is 9.12. The van der Waals surface area contributed by atoms with Crippen LogP contribution >= 0.6 is 0 Å². The minimum atomic E-state index is 0.291. The minimum absolute atomic E-state index is 0.291. The summed E-state index contributed by atoms with van der Waals surface area (Å²) in [5, 5.41) is 12.4. The molecule has 82 valence electrons. The van der Waals surface area contributed by atoms with Crippen molar-refractivity contribution in [3.8, 4) is 5.75 Å². The van der Waals surface area contributed by atoms with Gasteiger partial charge in [-0.1, -0.05) is 12.1 Å². The molecule has 0 bridgehead atoms. The van der Waals surface area contributed by atoms with E-state index < -0.39 is 0 Å². The van der Waals surface area contributed by atoms with E-state index in [0.717, 1.165) is 17.8 Å². The highest BCUT2D eigenvalue weighted by molar-refractivity contribution is 5.25. The molecule has 1 aromatic heterocycles. The first-order valence-electron chi connectivity index (χ1n) is 5.08. The average Bonchev–Trinajstić information content (AvgIpc) is 2.33. The van der Waals surface area contributed by atoms with Gasteiger partial charge in [0.2, 0.25) is 0 Å². The number of nitrogens with one attached hydrogen (secondary N) is 1. The van der Waals surface area contributed by atoms with Crippen molar-refractivity contribution < 1.29 is 5.11 Å². The van der Waals surface area contributed by atoms with Gasteiger partial charge >= 0.3 is 0 Å². The molecule has 1 aromatic carbocycles. The third-order valence-corrected chi connectivity index (χ3v) is 2.21. The molecule has 2 aromatic rings. The Morgan fingerprint density at radius 3 is 2.56 bits per heavy atom. The van der Waals surface area contributed by atoms with E-state index in [1.165, 1.54) is 6.33 Å². The number of rotatable bonds is 4. The fourth-order valence-corrected chi connectivity index (χ4v) is 1.37. The zero-order valence-corrected chi connectivity index (χ0v) is 8.80. The normalized spacial score (nSPS) is 10.2. The molecule has 4 heteroatoms. The number of hydrogen-bond donors (Lipinski definition) is 2. The number of aromatic nitrogens is 2. The largest absolute Gasteiger partial charge is 0.508 e. The highest BCUT2D eigenvalue weighted by atomic mass is 16.3. The minimum Gasteiger partial charge on any atom is -0.508 e. The summed E-state index contributed by atoms with van der Waals surface area (Å²) < 4.78 is 0. The maximum atomic E-state index is 9.12. The van der Waals surface area contributed by atoms with Crippen LogP contribution in [0.15, 0.2) is 42.9 Å². The van der Waals surface area contributed by atoms with E-state index in [2.05, 4.69) is 15.3 Å². The highest BCUT2D eigenvalue weighted by Crippen LogP contribution is 2.09. The van der Waals surface area contributed by atoms with Crippen molar-refractivity contribution in [2.45, 2.75) is 13.1 Å². The van der Waals surface area contributed by atoms with E-state index in [0.29, 0.717) is 12.3 Å². The predicted molar refractivity (Wildman–Crippen MR) is 60.7 cm³/mol. The molecular formula is C12H13N3O. The lowest BCUT2D eigenvalue weighted by Crippen LogP contribution is -2.13. The third kappa shape index (κ3) is 3.03. The van der Waals surface area contributed by atoms with Gasteiger partial charge in [0.15, 0.2) is 0 Å². The van der Waals surface area contributed by atoms with E-state index in [-0.39, 0.29) is 0 Å². The summed E-state index contributed by atoms with van der Waals surface area (Å²) in [5.74, 6) is 0.291. The van der Waals surface area contributed by atoms with Crippen molar-refractivity contribution in [1.82, 2.24) is 15.3 Å². The molecule has 0 saturated heterocycles. The zero-order chi connectivity index (χ0) is 11.2. The molecule has 0 amide bonds. The number of phenols is 1. The van der Waals surface area contributed by atoms with E-state index in [9.17, 15) is 0 Å². The van der Waals surface area contributed by atoms with Gasteiger partial charge in [-0.2, -0.15) is 0 Å². The Labute approximate surface area is 94.0 Å². The van der Waals surface area contributed by atoms with Crippen LogP contribution in [-0.2, 0) is 13.1 Å². The van der Waals surface area contributed by atoms with Crippen LogP contribution in [0.3, 0.4) is 0 Å². The van der Waals surface area contributed by atoms with Crippen molar-refractivity contribution in [3.05, 3.63) is 54.1 Å². The van der Waals surface area contributed by atoms with Gasteiger partial charge in [0.05, 0.1) is 5.69 Å². The predicted octanol–water partition coefficient (Wildman–Crippen LogP) is 1.47. The van der Waals surface area contributed by atoms with Crippen LogP contribution in [0.5, 0.6) is 5.75 Å². The summed E-state index contributed by atoms with van der Waals surface area (Å²) in [6.07, 6.45) is 3.27. The smallest absolute Gasteiger partial charge is 0.115 e. The molecule has 0 unspecified atom stereocenters. The van der Waals surface area contributed by atoms with Crippen molar-refractivity contribution in [3.63, 3.8) is 0 Å². The molecule has 4 nitrogen and oxygen atoms in total. The second-order valence-electron chi connectivity index (χ2n) is 3.47. The first-order valence-corrected chi connectivity index (χ1v) is 5.08. The first-order chi connectivity index (χ1) is 7.84. The molecule has 0 saturated carbocycles. The fourth-order valence-electron chi connectivity index (χ4n) is 1.37. The number of nitrogens with zero attached hydrogens (tertiary/aromatic N) is 2. The van der Waals surface area contributed by atoms with E-state index >= 15 is 0 Å². The van der Waals surface area contributed by atoms with Crippen LogP contribution in [0.1, 0.15) is 11.3 Å². The van der Waals surface area contributed by atoms with Crippen molar-refractivity contribution >= 4 is 0 Å². The molecule has 0 spiro atoms. The molecule has 0 atom stereocenters. The Kier molecular flexibility index (Phi) is 3.46. The van der Waals surface area contributed by atoms with Crippen LogP contribution in [0.25, 0.3) is 0 Å². The second-order valence-corrected chi connectivity index (χ2v) is 3.47. The maximum Gasteiger partial charge on any atom is 0.115 e. The monoisotopic (exact) mass is 215 g/mol. The molecule has 0 aliphatic carbocycles. The van der Waals surface area contributed by atoms with E-state index in [1.807, 2.05) is 18.2 Å². The lowest BCUT2D eigenvalue weighted by molar-refractivity contribution is 0.475. The van der Waals surface area contributed by atoms with Crippen molar-refractivity contribution in [2.24, 2.45) is 0 Å². The van der Waals surface area contributed by atoms with Gasteiger partial charge in [-0.25, -0.2) is 9.97 Å². The molecule has 0 fully saturated rings. The number of benzene rings is 1. The van der Waals surface area contributed by atoms with Crippen LogP contribution < -0.4 is 5.32 Å². The molecule has 2 N–H and O–H groups in total. The van der Waals surface area contributed by atoms with Crippen molar-refractivity contribution in [1.29, 1.82) is 0 Å². The van der Waals surface area contributed by atoms with Crippen molar-refractivity contribution in [2.75, 3.05) is 0 Å². The lowest BCUT2D eigenvalue weighted by atomic mass is 10.2. The number of phenolic OH excluding ortho intramolecular Hbond substituents is 1. The SMILES string of the molecule is Oc1ccc(CNCc2ccncn2)cc1. The molecule has 2 rings (SSSR count). The third-order valence-electron chi connectivity index (χ3n) is 2.21. The number of hydrogen-bond acceptors (Lipinski definition) is 4. The lowest BCUT2D eigenvalue weighted by Gasteiger charge is -2.04. The van der Waals surface area contributed by atoms with Crippen LogP contribution in [0.2, 0.25) is 0 Å². The molecule has 0 aliphatic heterocycles. The summed E-state index contributed by atoms with van der Waals surface area (Å²) in [6.45, 7) is 1.47. The Morgan fingerprint density at radius 1 is 1.06 bits per heavy atom. The Hall–Kier alpha value is -1.94. The van der Waals surface area contributed by atoms with E-state index in [1.54, 1.807) is 18.3 Å². The zero-order valence-electron chi connectivity index (χ0n) is 8.80. The molecule has 1 heterocycles. The summed E-state index contributed by atoms with van der Waals surface area (Å²) >= 11 is 0. The van der Waals surface area contributed by atoms with E-state index in [4.69, 9.17) is 5.11 Å². The Balaban J connectivity index is 1.82. The van der Waals surface area contributed by atoms with Gasteiger partial charge < -0.3 is 10.4 Å². The fraction of sp³-hybridized carbons (Fsp3) is 0.167. The number of aromatic hydroxyl groups is 1. The quantitative estimate of drug-likeness (QED) is 0.811. The molecular weight excluding hydrogens is 202 g/mol. The van der Waals surface area contributed by atoms with Gasteiger partial charge in [0.1, 0.15) is 12.1 Å². The standard InChI is InChI=1S/C12H13N3O/c16-12-3-1-10(2-4-12)7-14-8-11-5-6-13-9-15-11/h1-6,9,14,16H,7-8H2. The summed E-state index contributed by atoms with van der Waals surface area (Å²) in [7, 11) is 0. The summed E-state index contributed by atoms with van der Waals surface area (Å²) in [6, 6.07) is 9.03.